The minimum Gasteiger partial charge on any atom is -0.493 e. The Hall–Kier alpha value is -2.14. The summed E-state index contributed by atoms with van der Waals surface area (Å²) in [7, 11) is 0. The van der Waals surface area contributed by atoms with Crippen LogP contribution in [0.5, 0.6) is 5.75 Å². The van der Waals surface area contributed by atoms with Crippen molar-refractivity contribution in [3.8, 4) is 5.75 Å². The molecule has 156 valence electrons. The third-order valence-corrected chi connectivity index (χ3v) is 8.35. The van der Waals surface area contributed by atoms with Gasteiger partial charge < -0.3 is 14.3 Å². The van der Waals surface area contributed by atoms with Crippen molar-refractivity contribution in [2.45, 2.75) is 53.1 Å². The van der Waals surface area contributed by atoms with Crippen LogP contribution in [-0.2, 0) is 4.79 Å². The first kappa shape index (κ1) is 20.1. The molecule has 0 radical (unpaired) electrons. The van der Waals surface area contributed by atoms with E-state index in [1.54, 1.807) is 12.1 Å². The molecule has 6 unspecified atom stereocenters. The molecule has 2 fully saturated rings. The second-order valence-electron chi connectivity index (χ2n) is 9.53. The summed E-state index contributed by atoms with van der Waals surface area (Å²) >= 11 is 0. The molecule has 2 aliphatic carbocycles. The molecule has 5 nitrogen and oxygen atoms in total. The number of benzene rings is 1. The van der Waals surface area contributed by atoms with Gasteiger partial charge in [-0.1, -0.05) is 27.7 Å². The summed E-state index contributed by atoms with van der Waals surface area (Å²) in [5, 5.41) is 11.7. The van der Waals surface area contributed by atoms with Gasteiger partial charge in [-0.15, -0.1) is 0 Å². The topological polar surface area (TPSA) is 76.7 Å². The fourth-order valence-corrected chi connectivity index (χ4v) is 5.87. The van der Waals surface area contributed by atoms with Gasteiger partial charge in [0.1, 0.15) is 17.1 Å². The molecule has 0 saturated heterocycles. The Balaban J connectivity index is 1.62. The van der Waals surface area contributed by atoms with Crippen molar-refractivity contribution in [3.05, 3.63) is 40.8 Å². The first-order valence-corrected chi connectivity index (χ1v) is 10.5. The maximum atomic E-state index is 12.5. The predicted molar refractivity (Wildman–Crippen MR) is 111 cm³/mol. The number of ketones is 1. The standard InChI is InChI=1S/C24H30O5/c1-14-18(13-28-17-7-5-16-6-8-22(27)29-21(16)11-17)23(3)10-9-19(25)15(2)24(23,4)12-20(14)26/h5-8,11,14-15,18,20,26H,9-10,12-13H2,1-4H3. The SMILES string of the molecule is CC1C(O)CC2(C)C(C)C(=O)CCC2(C)C1COc1ccc2ccc(=O)oc2c1. The molecule has 0 aliphatic heterocycles. The van der Waals surface area contributed by atoms with E-state index in [9.17, 15) is 14.7 Å². The zero-order chi connectivity index (χ0) is 21.0. The van der Waals surface area contributed by atoms with Gasteiger partial charge in [0.25, 0.3) is 0 Å². The van der Waals surface area contributed by atoms with Crippen LogP contribution < -0.4 is 10.4 Å². The molecule has 29 heavy (non-hydrogen) atoms. The van der Waals surface area contributed by atoms with Gasteiger partial charge in [-0.25, -0.2) is 4.79 Å². The van der Waals surface area contributed by atoms with Gasteiger partial charge >= 0.3 is 5.63 Å². The number of aliphatic hydroxyl groups excluding tert-OH is 1. The molecular weight excluding hydrogens is 368 g/mol. The van der Waals surface area contributed by atoms with Crippen LogP contribution in [0.1, 0.15) is 47.0 Å². The van der Waals surface area contributed by atoms with Gasteiger partial charge in [-0.2, -0.15) is 0 Å². The largest absolute Gasteiger partial charge is 0.493 e. The van der Waals surface area contributed by atoms with E-state index in [4.69, 9.17) is 9.15 Å². The molecule has 4 rings (SSSR count). The zero-order valence-electron chi connectivity index (χ0n) is 17.6. The number of rotatable bonds is 3. The Labute approximate surface area is 171 Å². The van der Waals surface area contributed by atoms with E-state index in [1.807, 2.05) is 19.1 Å². The van der Waals surface area contributed by atoms with Crippen LogP contribution in [0.15, 0.2) is 39.5 Å². The molecule has 2 aliphatic rings. The number of Topliss-reactive ketones (excluding diaryl/α,β-unsaturated/α-hetero) is 1. The van der Waals surface area contributed by atoms with Crippen molar-refractivity contribution >= 4 is 16.8 Å². The average molecular weight is 398 g/mol. The highest BCUT2D eigenvalue weighted by Crippen LogP contribution is 2.63. The smallest absolute Gasteiger partial charge is 0.336 e. The van der Waals surface area contributed by atoms with Crippen molar-refractivity contribution in [2.75, 3.05) is 6.61 Å². The molecular formula is C24H30O5. The first-order chi connectivity index (χ1) is 13.7. The highest BCUT2D eigenvalue weighted by molar-refractivity contribution is 5.82. The number of ether oxygens (including phenoxy) is 1. The predicted octanol–water partition coefficient (Wildman–Crippen LogP) is 4.20. The number of hydrogen-bond donors (Lipinski definition) is 1. The maximum Gasteiger partial charge on any atom is 0.336 e. The summed E-state index contributed by atoms with van der Waals surface area (Å²) in [6.45, 7) is 9.00. The summed E-state index contributed by atoms with van der Waals surface area (Å²) in [5.41, 5.74) is -0.233. The fourth-order valence-electron chi connectivity index (χ4n) is 5.87. The number of fused-ring (bicyclic) bond motifs is 2. The lowest BCUT2D eigenvalue weighted by Gasteiger charge is -2.62. The van der Waals surface area contributed by atoms with Gasteiger partial charge in [0.2, 0.25) is 0 Å². The average Bonchev–Trinajstić information content (AvgIpc) is 2.68. The van der Waals surface area contributed by atoms with Crippen LogP contribution in [0.2, 0.25) is 0 Å². The lowest BCUT2D eigenvalue weighted by molar-refractivity contribution is -0.183. The maximum absolute atomic E-state index is 12.5. The van der Waals surface area contributed by atoms with E-state index in [0.29, 0.717) is 36.6 Å². The van der Waals surface area contributed by atoms with E-state index in [-0.39, 0.29) is 34.2 Å². The van der Waals surface area contributed by atoms with Crippen LogP contribution in [0.4, 0.5) is 0 Å². The third-order valence-electron chi connectivity index (χ3n) is 8.35. The minimum absolute atomic E-state index is 0.0687. The number of carbonyl (C=O) groups is 1. The van der Waals surface area contributed by atoms with Gasteiger partial charge in [-0.3, -0.25) is 4.79 Å². The van der Waals surface area contributed by atoms with Crippen LogP contribution >= 0.6 is 0 Å². The molecule has 1 aromatic carbocycles. The Bertz CT molecular complexity index is 994. The number of carbonyl (C=O) groups excluding carboxylic acids is 1. The molecule has 2 aromatic rings. The van der Waals surface area contributed by atoms with E-state index >= 15 is 0 Å². The van der Waals surface area contributed by atoms with Crippen molar-refractivity contribution in [3.63, 3.8) is 0 Å². The highest BCUT2D eigenvalue weighted by atomic mass is 16.5. The second kappa shape index (κ2) is 6.98. The summed E-state index contributed by atoms with van der Waals surface area (Å²) < 4.78 is 11.4. The minimum atomic E-state index is -0.454. The molecule has 0 bridgehead atoms. The number of hydrogen-bond acceptors (Lipinski definition) is 5. The Kier molecular flexibility index (Phi) is 4.85. The molecule has 2 saturated carbocycles. The highest BCUT2D eigenvalue weighted by Gasteiger charge is 2.61. The number of aliphatic hydroxyl groups is 1. The lowest BCUT2D eigenvalue weighted by atomic mass is 9.42. The molecule has 5 heteroatoms. The third kappa shape index (κ3) is 3.10. The monoisotopic (exact) mass is 398 g/mol. The van der Waals surface area contributed by atoms with E-state index in [2.05, 4.69) is 20.8 Å². The van der Waals surface area contributed by atoms with E-state index < -0.39 is 6.10 Å². The van der Waals surface area contributed by atoms with E-state index in [0.717, 1.165) is 11.8 Å². The van der Waals surface area contributed by atoms with Gasteiger partial charge in [0, 0.05) is 35.8 Å². The summed E-state index contributed by atoms with van der Waals surface area (Å²) in [6, 6.07) is 8.63. The van der Waals surface area contributed by atoms with Gasteiger partial charge in [0.15, 0.2) is 0 Å². The zero-order valence-corrected chi connectivity index (χ0v) is 17.6. The second-order valence-corrected chi connectivity index (χ2v) is 9.53. The summed E-state index contributed by atoms with van der Waals surface area (Å²) in [5.74, 6) is 1.07. The summed E-state index contributed by atoms with van der Waals surface area (Å²) in [6.07, 6.45) is 1.61. The molecule has 1 aromatic heterocycles. The molecule has 0 spiro atoms. The van der Waals surface area contributed by atoms with Gasteiger partial charge in [-0.05, 0) is 47.8 Å². The quantitative estimate of drug-likeness (QED) is 0.784. The van der Waals surface area contributed by atoms with E-state index in [1.165, 1.54) is 6.07 Å². The van der Waals surface area contributed by atoms with Gasteiger partial charge in [0.05, 0.1) is 12.7 Å². The Morgan fingerprint density at radius 1 is 1.14 bits per heavy atom. The van der Waals surface area contributed by atoms with Crippen molar-refractivity contribution in [2.24, 2.45) is 28.6 Å². The molecule has 1 heterocycles. The van der Waals surface area contributed by atoms with Crippen LogP contribution in [0.3, 0.4) is 0 Å². The Morgan fingerprint density at radius 2 is 1.86 bits per heavy atom. The van der Waals surface area contributed by atoms with Crippen LogP contribution in [0.25, 0.3) is 11.0 Å². The van der Waals surface area contributed by atoms with Crippen LogP contribution in [-0.4, -0.2) is 23.6 Å². The molecule has 1 N–H and O–H groups in total. The molecule has 0 amide bonds. The first-order valence-electron chi connectivity index (χ1n) is 10.5. The fraction of sp³-hybridized carbons (Fsp3) is 0.583. The van der Waals surface area contributed by atoms with Crippen molar-refractivity contribution < 1.29 is 19.1 Å². The lowest BCUT2D eigenvalue weighted by Crippen LogP contribution is -2.61. The Morgan fingerprint density at radius 3 is 2.62 bits per heavy atom. The normalized spacial score (nSPS) is 37.3. The molecule has 6 atom stereocenters. The van der Waals surface area contributed by atoms with Crippen molar-refractivity contribution in [1.29, 1.82) is 0 Å². The summed E-state index contributed by atoms with van der Waals surface area (Å²) in [4.78, 5) is 24.0. The van der Waals surface area contributed by atoms with Crippen LogP contribution in [0, 0.1) is 28.6 Å². The van der Waals surface area contributed by atoms with Crippen molar-refractivity contribution in [1.82, 2.24) is 0 Å².